The molecule has 1 aromatic heterocycles. The number of anilines is 2. The quantitative estimate of drug-likeness (QED) is 0.514. The zero-order chi connectivity index (χ0) is 23.0. The zero-order valence-corrected chi connectivity index (χ0v) is 18.0. The maximum Gasteiger partial charge on any atom is 0.410 e. The van der Waals surface area contributed by atoms with Crippen LogP contribution in [-0.2, 0) is 0 Å². The summed E-state index contributed by atoms with van der Waals surface area (Å²) in [7, 11) is 1.46. The highest BCUT2D eigenvalue weighted by Crippen LogP contribution is 2.44. The third kappa shape index (κ3) is 4.25. The van der Waals surface area contributed by atoms with Gasteiger partial charge >= 0.3 is 6.18 Å². The summed E-state index contributed by atoms with van der Waals surface area (Å²) in [5, 5.41) is 9.89. The van der Waals surface area contributed by atoms with E-state index in [4.69, 9.17) is 16.3 Å². The van der Waals surface area contributed by atoms with Crippen LogP contribution in [0.15, 0.2) is 48.7 Å². The van der Waals surface area contributed by atoms with Crippen molar-refractivity contribution in [2.24, 2.45) is 0 Å². The molecule has 6 nitrogen and oxygen atoms in total. The Morgan fingerprint density at radius 3 is 2.59 bits per heavy atom. The van der Waals surface area contributed by atoms with Crippen LogP contribution in [0.4, 0.5) is 24.7 Å². The highest BCUT2D eigenvalue weighted by Gasteiger charge is 2.47. The van der Waals surface area contributed by atoms with Crippen molar-refractivity contribution >= 4 is 29.0 Å². The molecular formula is C22H20ClF3N4O2. The Balaban J connectivity index is 1.66. The van der Waals surface area contributed by atoms with Crippen molar-refractivity contribution in [3.8, 4) is 5.75 Å². The topological polar surface area (TPSA) is 68.2 Å². The Morgan fingerprint density at radius 1 is 1.25 bits per heavy atom. The van der Waals surface area contributed by atoms with Crippen LogP contribution in [-0.4, -0.2) is 29.0 Å². The number of rotatable bonds is 4. The Morgan fingerprint density at radius 2 is 1.97 bits per heavy atom. The van der Waals surface area contributed by atoms with E-state index in [2.05, 4.69) is 15.7 Å². The summed E-state index contributed by atoms with van der Waals surface area (Å²) < 4.78 is 47.4. The van der Waals surface area contributed by atoms with Gasteiger partial charge in [-0.1, -0.05) is 41.4 Å². The maximum atomic E-state index is 13.8. The number of aryl methyl sites for hydroxylation is 1. The van der Waals surface area contributed by atoms with E-state index in [1.165, 1.54) is 13.2 Å². The number of alkyl halides is 3. The minimum atomic E-state index is -4.52. The van der Waals surface area contributed by atoms with Gasteiger partial charge in [-0.05, 0) is 30.7 Å². The number of nitrogens with zero attached hydrogens (tertiary/aromatic N) is 2. The standard InChI is InChI=1S/C22H20ClF3N4O2/c1-12-3-5-13(6-4-12)17-10-19(22(24,25)26)30-20(29-17)15(11-27-30)21(31)28-14-7-8-18(32-2)16(23)9-14/h3-9,11,17,19,29H,10H2,1-2H3,(H,28,31)/t17-,19-/m1/s1. The molecule has 0 saturated heterocycles. The van der Waals surface area contributed by atoms with E-state index < -0.39 is 24.2 Å². The Hall–Kier alpha value is -3.20. The summed E-state index contributed by atoms with van der Waals surface area (Å²) in [6.07, 6.45) is -3.63. The summed E-state index contributed by atoms with van der Waals surface area (Å²) in [6.45, 7) is 1.90. The van der Waals surface area contributed by atoms with Crippen LogP contribution >= 0.6 is 11.6 Å². The first-order chi connectivity index (χ1) is 15.2. The SMILES string of the molecule is COc1ccc(NC(=O)c2cnn3c2N[C@@H](c2ccc(C)cc2)C[C@@H]3C(F)(F)F)cc1Cl. The smallest absolute Gasteiger partial charge is 0.410 e. The molecule has 2 atom stereocenters. The van der Waals surface area contributed by atoms with E-state index in [0.29, 0.717) is 17.0 Å². The number of benzene rings is 2. The van der Waals surface area contributed by atoms with E-state index >= 15 is 0 Å². The second-order valence-electron chi connectivity index (χ2n) is 7.56. The maximum absolute atomic E-state index is 13.8. The van der Waals surface area contributed by atoms with Crippen LogP contribution in [0.1, 0.15) is 40.0 Å². The highest BCUT2D eigenvalue weighted by molar-refractivity contribution is 6.32. The second-order valence-corrected chi connectivity index (χ2v) is 7.96. The monoisotopic (exact) mass is 464 g/mol. The molecule has 10 heteroatoms. The van der Waals surface area contributed by atoms with Crippen LogP contribution in [0.5, 0.6) is 5.75 Å². The first-order valence-corrected chi connectivity index (χ1v) is 10.2. The summed E-state index contributed by atoms with van der Waals surface area (Å²) >= 11 is 6.09. The number of halogens is 4. The molecule has 0 unspecified atom stereocenters. The first kappa shape index (κ1) is 22.0. The Labute approximate surface area is 187 Å². The minimum absolute atomic E-state index is 0.00278. The predicted molar refractivity (Wildman–Crippen MR) is 115 cm³/mol. The van der Waals surface area contributed by atoms with Crippen molar-refractivity contribution in [3.63, 3.8) is 0 Å². The molecule has 1 aliphatic heterocycles. The number of carbonyl (C=O) groups excluding carboxylic acids is 1. The molecule has 2 N–H and O–H groups in total. The van der Waals surface area contributed by atoms with E-state index in [0.717, 1.165) is 16.4 Å². The number of nitrogens with one attached hydrogen (secondary N) is 2. The van der Waals surface area contributed by atoms with Gasteiger partial charge < -0.3 is 15.4 Å². The molecule has 2 heterocycles. The van der Waals surface area contributed by atoms with Crippen LogP contribution in [0.25, 0.3) is 0 Å². The third-order valence-corrected chi connectivity index (χ3v) is 5.67. The lowest BCUT2D eigenvalue weighted by Gasteiger charge is -2.34. The summed E-state index contributed by atoms with van der Waals surface area (Å²) in [6, 6.07) is 9.41. The van der Waals surface area contributed by atoms with E-state index in [9.17, 15) is 18.0 Å². The molecule has 4 rings (SSSR count). The Kier molecular flexibility index (Phi) is 5.77. The average molecular weight is 465 g/mol. The van der Waals surface area contributed by atoms with Crippen molar-refractivity contribution < 1.29 is 22.7 Å². The van der Waals surface area contributed by atoms with Gasteiger partial charge in [-0.15, -0.1) is 0 Å². The fourth-order valence-electron chi connectivity index (χ4n) is 3.69. The molecule has 0 aliphatic carbocycles. The van der Waals surface area contributed by atoms with Gasteiger partial charge in [-0.25, -0.2) is 4.68 Å². The number of carbonyl (C=O) groups is 1. The lowest BCUT2D eigenvalue weighted by molar-refractivity contribution is -0.173. The van der Waals surface area contributed by atoms with Gasteiger partial charge in [0.2, 0.25) is 0 Å². The van der Waals surface area contributed by atoms with Crippen molar-refractivity contribution in [2.45, 2.75) is 31.6 Å². The minimum Gasteiger partial charge on any atom is -0.495 e. The van der Waals surface area contributed by atoms with E-state index in [1.807, 2.05) is 19.1 Å². The molecule has 0 bridgehead atoms. The number of hydrogen-bond donors (Lipinski definition) is 2. The van der Waals surface area contributed by atoms with Crippen LogP contribution < -0.4 is 15.4 Å². The summed E-state index contributed by atoms with van der Waals surface area (Å²) in [5.74, 6) is -0.157. The van der Waals surface area contributed by atoms with Gasteiger partial charge in [0, 0.05) is 12.1 Å². The van der Waals surface area contributed by atoms with Crippen LogP contribution in [0.2, 0.25) is 5.02 Å². The fourth-order valence-corrected chi connectivity index (χ4v) is 3.95. The molecule has 1 aliphatic rings. The molecule has 0 fully saturated rings. The molecule has 0 spiro atoms. The highest BCUT2D eigenvalue weighted by atomic mass is 35.5. The van der Waals surface area contributed by atoms with Crippen molar-refractivity contribution in [2.75, 3.05) is 17.7 Å². The Bertz CT molecular complexity index is 1150. The number of methoxy groups -OCH3 is 1. The third-order valence-electron chi connectivity index (χ3n) is 5.37. The van der Waals surface area contributed by atoms with E-state index in [1.54, 1.807) is 24.3 Å². The van der Waals surface area contributed by atoms with E-state index in [-0.39, 0.29) is 22.8 Å². The molecule has 3 aromatic rings. The van der Waals surface area contributed by atoms with Crippen LogP contribution in [0.3, 0.4) is 0 Å². The molecule has 0 saturated carbocycles. The molecule has 2 aromatic carbocycles. The second kappa shape index (κ2) is 8.38. The largest absolute Gasteiger partial charge is 0.495 e. The lowest BCUT2D eigenvalue weighted by Crippen LogP contribution is -2.36. The summed E-state index contributed by atoms with van der Waals surface area (Å²) in [5.41, 5.74) is 2.08. The molecular weight excluding hydrogens is 445 g/mol. The lowest BCUT2D eigenvalue weighted by atomic mass is 9.96. The number of hydrogen-bond acceptors (Lipinski definition) is 4. The van der Waals surface area contributed by atoms with Crippen LogP contribution in [0, 0.1) is 6.92 Å². The van der Waals surface area contributed by atoms with Gasteiger partial charge in [0.15, 0.2) is 6.04 Å². The van der Waals surface area contributed by atoms with Gasteiger partial charge in [0.25, 0.3) is 5.91 Å². The van der Waals surface area contributed by atoms with Gasteiger partial charge in [-0.3, -0.25) is 4.79 Å². The number of ether oxygens (including phenoxy) is 1. The zero-order valence-electron chi connectivity index (χ0n) is 17.2. The molecule has 1 amide bonds. The molecule has 168 valence electrons. The number of fused-ring (bicyclic) bond motifs is 1. The molecule has 32 heavy (non-hydrogen) atoms. The average Bonchev–Trinajstić information content (AvgIpc) is 3.17. The predicted octanol–water partition coefficient (Wildman–Crippen LogP) is 5.77. The number of aromatic nitrogens is 2. The first-order valence-electron chi connectivity index (χ1n) is 9.79. The van der Waals surface area contributed by atoms with Crippen molar-refractivity contribution in [1.82, 2.24) is 9.78 Å². The van der Waals surface area contributed by atoms with Gasteiger partial charge in [0.1, 0.15) is 17.1 Å². The normalized spacial score (nSPS) is 17.9. The van der Waals surface area contributed by atoms with Crippen molar-refractivity contribution in [3.05, 3.63) is 70.4 Å². The van der Waals surface area contributed by atoms with Gasteiger partial charge in [0.05, 0.1) is 24.4 Å². The molecule has 0 radical (unpaired) electrons. The fraction of sp³-hybridized carbons (Fsp3) is 0.273. The van der Waals surface area contributed by atoms with Gasteiger partial charge in [-0.2, -0.15) is 18.3 Å². The number of amides is 1. The van der Waals surface area contributed by atoms with Crippen molar-refractivity contribution in [1.29, 1.82) is 0 Å². The summed E-state index contributed by atoms with van der Waals surface area (Å²) in [4.78, 5) is 12.9.